The minimum Gasteiger partial charge on any atom is -0.508 e. The number of carbonyl (C=O) groups excluding carboxylic acids is 1. The number of phenolic OH excluding ortho intramolecular Hbond substituents is 2. The van der Waals surface area contributed by atoms with E-state index in [2.05, 4.69) is 39.8 Å². The van der Waals surface area contributed by atoms with Crippen LogP contribution in [0.15, 0.2) is 36.4 Å². The summed E-state index contributed by atoms with van der Waals surface area (Å²) in [7, 11) is 2.15. The Morgan fingerprint density at radius 2 is 1.80 bits per heavy atom. The number of hydroxylamine groups is 1. The average Bonchev–Trinajstić information content (AvgIpc) is 3.26. The number of hydrogen-bond acceptors (Lipinski definition) is 7. The third-order valence-electron chi connectivity index (χ3n) is 6.70. The van der Waals surface area contributed by atoms with Gasteiger partial charge in [-0.2, -0.15) is 0 Å². The molecule has 4 N–H and O–H groups in total. The van der Waals surface area contributed by atoms with Crippen molar-refractivity contribution in [3.63, 3.8) is 0 Å². The summed E-state index contributed by atoms with van der Waals surface area (Å²) in [5.41, 5.74) is 6.66. The lowest BCUT2D eigenvalue weighted by molar-refractivity contribution is -0.123. The first-order valence-electron chi connectivity index (χ1n) is 12.3. The van der Waals surface area contributed by atoms with Crippen molar-refractivity contribution in [1.29, 1.82) is 0 Å². The second kappa shape index (κ2) is 10.7. The number of benzene rings is 2. The fourth-order valence-electron chi connectivity index (χ4n) is 4.61. The molecule has 8 nitrogen and oxygen atoms in total. The molecule has 2 aliphatic heterocycles. The highest BCUT2D eigenvalue weighted by Gasteiger charge is 2.36. The summed E-state index contributed by atoms with van der Waals surface area (Å²) in [4.78, 5) is 23.5. The van der Waals surface area contributed by atoms with Crippen molar-refractivity contribution in [3.05, 3.63) is 58.7 Å². The lowest BCUT2D eigenvalue weighted by Crippen LogP contribution is -2.43. The lowest BCUT2D eigenvalue weighted by atomic mass is 9.92. The minimum absolute atomic E-state index is 0.0305. The molecule has 0 spiro atoms. The summed E-state index contributed by atoms with van der Waals surface area (Å²) in [5, 5.41) is 23.8. The first kappa shape index (κ1) is 25.0. The number of nitrogens with one attached hydrogen (secondary N) is 2. The van der Waals surface area contributed by atoms with Gasteiger partial charge in [0.2, 0.25) is 5.91 Å². The number of nitrogens with zero attached hydrogens (tertiary/aromatic N) is 2. The number of phenols is 2. The van der Waals surface area contributed by atoms with Gasteiger partial charge in [-0.05, 0) is 42.6 Å². The summed E-state index contributed by atoms with van der Waals surface area (Å²) in [6.07, 6.45) is 0. The van der Waals surface area contributed by atoms with Gasteiger partial charge in [-0.25, -0.2) is 0 Å². The Bertz CT molecular complexity index is 1090. The molecule has 0 radical (unpaired) electrons. The highest BCUT2D eigenvalue weighted by Crippen LogP contribution is 2.41. The van der Waals surface area contributed by atoms with Crippen molar-refractivity contribution in [2.75, 3.05) is 39.8 Å². The molecule has 0 saturated carbocycles. The van der Waals surface area contributed by atoms with E-state index in [-0.39, 0.29) is 23.3 Å². The van der Waals surface area contributed by atoms with Crippen molar-refractivity contribution in [3.8, 4) is 11.5 Å². The second-order valence-corrected chi connectivity index (χ2v) is 9.65. The van der Waals surface area contributed by atoms with Crippen molar-refractivity contribution in [1.82, 2.24) is 20.6 Å². The zero-order chi connectivity index (χ0) is 25.1. The molecule has 4 rings (SSSR count). The smallest absolute Gasteiger partial charge is 0.245 e. The van der Waals surface area contributed by atoms with Crippen molar-refractivity contribution in [2.45, 2.75) is 39.3 Å². The Morgan fingerprint density at radius 3 is 2.43 bits per heavy atom. The Labute approximate surface area is 207 Å². The van der Waals surface area contributed by atoms with Gasteiger partial charge in [-0.15, -0.1) is 5.48 Å². The lowest BCUT2D eigenvalue weighted by Gasteiger charge is -2.32. The highest BCUT2D eigenvalue weighted by atomic mass is 16.7. The van der Waals surface area contributed by atoms with Gasteiger partial charge in [-0.3, -0.25) is 9.69 Å². The molecule has 1 unspecified atom stereocenters. The normalized spacial score (nSPS) is 19.3. The Morgan fingerprint density at radius 1 is 1.11 bits per heavy atom. The number of amides is 1. The third-order valence-corrected chi connectivity index (χ3v) is 6.70. The van der Waals surface area contributed by atoms with Gasteiger partial charge in [-0.1, -0.05) is 38.1 Å². The average molecular weight is 481 g/mol. The topological polar surface area (TPSA) is 97.3 Å². The molecule has 0 aromatic heterocycles. The molecule has 8 heteroatoms. The number of likely N-dealkylation sites (N-methyl/N-ethyl adjacent to an activating group) is 2. The predicted octanol–water partition coefficient (Wildman–Crippen LogP) is 2.88. The van der Waals surface area contributed by atoms with Gasteiger partial charge < -0.3 is 25.3 Å². The number of hydrogen-bond donors (Lipinski definition) is 4. The van der Waals surface area contributed by atoms with Crippen LogP contribution in [-0.2, 0) is 16.2 Å². The molecule has 2 heterocycles. The van der Waals surface area contributed by atoms with Crippen LogP contribution in [-0.4, -0.2) is 71.7 Å². The van der Waals surface area contributed by atoms with E-state index in [0.717, 1.165) is 38.3 Å². The maximum Gasteiger partial charge on any atom is 0.245 e. The molecule has 0 bridgehead atoms. The largest absolute Gasteiger partial charge is 0.508 e. The van der Waals surface area contributed by atoms with Gasteiger partial charge in [0.15, 0.2) is 11.8 Å². The van der Waals surface area contributed by atoms with Crippen LogP contribution in [0.5, 0.6) is 11.5 Å². The molecule has 2 aromatic rings. The van der Waals surface area contributed by atoms with Gasteiger partial charge in [0, 0.05) is 50.9 Å². The summed E-state index contributed by atoms with van der Waals surface area (Å²) < 4.78 is 0. The van der Waals surface area contributed by atoms with Crippen LogP contribution < -0.4 is 10.8 Å². The number of rotatable bonds is 7. The predicted molar refractivity (Wildman–Crippen MR) is 137 cm³/mol. The molecule has 2 aliphatic rings. The van der Waals surface area contributed by atoms with Crippen molar-refractivity contribution < 1.29 is 19.8 Å². The van der Waals surface area contributed by atoms with Gasteiger partial charge in [0.25, 0.3) is 0 Å². The number of carbonyl (C=O) groups is 1. The molecule has 0 aliphatic carbocycles. The van der Waals surface area contributed by atoms with Crippen LogP contribution in [0.3, 0.4) is 0 Å². The molecule has 2 aromatic carbocycles. The maximum atomic E-state index is 12.9. The minimum atomic E-state index is -0.732. The van der Waals surface area contributed by atoms with Gasteiger partial charge in [0.05, 0.1) is 5.56 Å². The maximum absolute atomic E-state index is 12.9. The summed E-state index contributed by atoms with van der Waals surface area (Å²) in [6.45, 7) is 11.4. The summed E-state index contributed by atoms with van der Waals surface area (Å²) >= 11 is 0. The standard InChI is InChI=1S/C27H36N4O4/c1-5-28-27(34)25-24(19-8-6-18(7-9-19)16-31-12-10-30(4)11-13-31)26(35-29-25)21-14-20(17(2)3)22(32)15-23(21)33/h6-9,14-15,17,25,29,32-33H,5,10-13,16H2,1-4H3,(H,28,34). The summed E-state index contributed by atoms with van der Waals surface area (Å²) in [5.74, 6) is 0.141. The van der Waals surface area contributed by atoms with E-state index >= 15 is 0 Å². The van der Waals surface area contributed by atoms with Gasteiger partial charge in [0.1, 0.15) is 11.5 Å². The van der Waals surface area contributed by atoms with E-state index in [1.54, 1.807) is 6.07 Å². The fraction of sp³-hybridized carbons (Fsp3) is 0.444. The molecular formula is C27H36N4O4. The van der Waals surface area contributed by atoms with E-state index in [1.165, 1.54) is 11.6 Å². The molecule has 1 amide bonds. The van der Waals surface area contributed by atoms with Crippen LogP contribution in [0, 0.1) is 0 Å². The monoisotopic (exact) mass is 480 g/mol. The van der Waals surface area contributed by atoms with Crippen molar-refractivity contribution in [2.24, 2.45) is 0 Å². The molecule has 1 atom stereocenters. The van der Waals surface area contributed by atoms with Crippen LogP contribution >= 0.6 is 0 Å². The van der Waals surface area contributed by atoms with E-state index < -0.39 is 6.04 Å². The molecule has 35 heavy (non-hydrogen) atoms. The highest BCUT2D eigenvalue weighted by molar-refractivity contribution is 6.05. The van der Waals surface area contributed by atoms with E-state index in [0.29, 0.717) is 29.0 Å². The van der Waals surface area contributed by atoms with E-state index in [4.69, 9.17) is 4.84 Å². The van der Waals surface area contributed by atoms with E-state index in [9.17, 15) is 15.0 Å². The van der Waals surface area contributed by atoms with Crippen LogP contribution in [0.2, 0.25) is 0 Å². The first-order chi connectivity index (χ1) is 16.8. The van der Waals surface area contributed by atoms with Crippen LogP contribution in [0.1, 0.15) is 48.9 Å². The third kappa shape index (κ3) is 5.45. The van der Waals surface area contributed by atoms with Crippen LogP contribution in [0.4, 0.5) is 0 Å². The fourth-order valence-corrected chi connectivity index (χ4v) is 4.61. The van der Waals surface area contributed by atoms with E-state index in [1.807, 2.05) is 32.9 Å². The molecule has 1 fully saturated rings. The van der Waals surface area contributed by atoms with Gasteiger partial charge >= 0.3 is 0 Å². The number of aromatic hydroxyl groups is 2. The van der Waals surface area contributed by atoms with Crippen LogP contribution in [0.25, 0.3) is 11.3 Å². The van der Waals surface area contributed by atoms with Crippen molar-refractivity contribution >= 4 is 17.2 Å². The first-order valence-corrected chi connectivity index (χ1v) is 12.3. The number of piperazine rings is 1. The Balaban J connectivity index is 1.71. The summed E-state index contributed by atoms with van der Waals surface area (Å²) in [6, 6.07) is 10.5. The SMILES string of the molecule is CCNC(=O)C1NOC(c2cc(C(C)C)c(O)cc2O)=C1c1ccc(CN2CCN(C)CC2)cc1. The molecular weight excluding hydrogens is 444 g/mol. The Hall–Kier alpha value is -3.07. The second-order valence-electron chi connectivity index (χ2n) is 9.65. The quantitative estimate of drug-likeness (QED) is 0.484. The molecule has 188 valence electrons. The zero-order valence-electron chi connectivity index (χ0n) is 21.0. The Kier molecular flexibility index (Phi) is 7.64. The molecule has 1 saturated heterocycles. The zero-order valence-corrected chi connectivity index (χ0v) is 21.0.